The van der Waals surface area contributed by atoms with E-state index < -0.39 is 10.0 Å². The number of aromatic nitrogens is 1. The molecular formula is C25H24N2O5S2. The molecular weight excluding hydrogens is 472 g/mol. The summed E-state index contributed by atoms with van der Waals surface area (Å²) in [6.07, 6.45) is 0. The third kappa shape index (κ3) is 4.34. The van der Waals surface area contributed by atoms with Gasteiger partial charge in [-0.2, -0.15) is 4.31 Å². The van der Waals surface area contributed by atoms with Crippen LogP contribution in [0.2, 0.25) is 0 Å². The quantitative estimate of drug-likeness (QED) is 0.428. The molecule has 2 aromatic carbocycles. The molecule has 0 unspecified atom stereocenters. The Morgan fingerprint density at radius 2 is 1.79 bits per heavy atom. The lowest BCUT2D eigenvalue weighted by Crippen LogP contribution is -2.32. The van der Waals surface area contributed by atoms with Crippen molar-refractivity contribution >= 4 is 32.3 Å². The van der Waals surface area contributed by atoms with E-state index in [4.69, 9.17) is 9.47 Å². The number of hydrogen-bond donors (Lipinski definition) is 1. The Morgan fingerprint density at radius 1 is 1.00 bits per heavy atom. The molecule has 0 saturated heterocycles. The highest BCUT2D eigenvalue weighted by molar-refractivity contribution is 7.89. The van der Waals surface area contributed by atoms with Crippen LogP contribution in [-0.4, -0.2) is 30.9 Å². The van der Waals surface area contributed by atoms with E-state index in [1.807, 2.05) is 43.5 Å². The van der Waals surface area contributed by atoms with Crippen molar-refractivity contribution in [3.05, 3.63) is 85.8 Å². The number of aryl methyl sites for hydroxylation is 2. The first-order valence-electron chi connectivity index (χ1n) is 10.9. The van der Waals surface area contributed by atoms with Gasteiger partial charge < -0.3 is 14.5 Å². The van der Waals surface area contributed by atoms with Crippen LogP contribution in [0, 0.1) is 13.8 Å². The van der Waals surface area contributed by atoms with Crippen molar-refractivity contribution in [2.24, 2.45) is 0 Å². The molecule has 0 fully saturated rings. The number of thiophene rings is 1. The molecule has 176 valence electrons. The van der Waals surface area contributed by atoms with Crippen molar-refractivity contribution in [3.63, 3.8) is 0 Å². The number of rotatable bonds is 6. The number of fused-ring (bicyclic) bond motifs is 2. The smallest absolute Gasteiger partial charge is 0.252 e. The molecule has 5 rings (SSSR count). The lowest BCUT2D eigenvalue weighted by Gasteiger charge is -2.23. The SMILES string of the molecule is Cc1cc(C)c2cc(CN(Cc3cccs3)S(=O)(=O)c3ccc4c(c3)OCCO4)c(=O)[nH]c2c1. The van der Waals surface area contributed by atoms with Gasteiger partial charge in [-0.3, -0.25) is 4.79 Å². The van der Waals surface area contributed by atoms with Gasteiger partial charge in [0, 0.05) is 40.5 Å². The third-order valence-electron chi connectivity index (χ3n) is 5.80. The minimum absolute atomic E-state index is 0.0622. The second kappa shape index (κ2) is 8.90. The number of nitrogens with one attached hydrogen (secondary N) is 1. The fraction of sp³-hybridized carbons (Fsp3) is 0.240. The number of sulfonamides is 1. The highest BCUT2D eigenvalue weighted by Crippen LogP contribution is 2.34. The Balaban J connectivity index is 1.57. The minimum Gasteiger partial charge on any atom is -0.486 e. The maximum absolute atomic E-state index is 13.8. The summed E-state index contributed by atoms with van der Waals surface area (Å²) < 4.78 is 40.0. The van der Waals surface area contributed by atoms with E-state index in [9.17, 15) is 13.2 Å². The monoisotopic (exact) mass is 496 g/mol. The Labute approximate surface area is 201 Å². The van der Waals surface area contributed by atoms with Crippen molar-refractivity contribution in [2.75, 3.05) is 13.2 Å². The highest BCUT2D eigenvalue weighted by atomic mass is 32.2. The molecule has 0 spiro atoms. The van der Waals surface area contributed by atoms with Crippen LogP contribution in [-0.2, 0) is 23.1 Å². The van der Waals surface area contributed by atoms with Gasteiger partial charge in [-0.05, 0) is 60.7 Å². The summed E-state index contributed by atoms with van der Waals surface area (Å²) in [6, 6.07) is 14.1. The Morgan fingerprint density at radius 3 is 2.56 bits per heavy atom. The standard InChI is InChI=1S/C25H24N2O5S2/c1-16-10-17(2)21-12-18(25(28)26-22(21)11-16)14-27(15-19-4-3-9-33-19)34(29,30)20-5-6-23-24(13-20)32-8-7-31-23/h3-6,9-13H,7-8,14-15H2,1-2H3,(H,26,28). The number of hydrogen-bond acceptors (Lipinski definition) is 6. The Kier molecular flexibility index (Phi) is 5.93. The van der Waals surface area contributed by atoms with Gasteiger partial charge in [-0.15, -0.1) is 11.3 Å². The van der Waals surface area contributed by atoms with Crippen molar-refractivity contribution < 1.29 is 17.9 Å². The summed E-state index contributed by atoms with van der Waals surface area (Å²) in [5.41, 5.74) is 2.90. The van der Waals surface area contributed by atoms with Gasteiger partial charge in [0.2, 0.25) is 10.0 Å². The van der Waals surface area contributed by atoms with Crippen molar-refractivity contribution in [2.45, 2.75) is 31.8 Å². The Hall–Kier alpha value is -3.14. The van der Waals surface area contributed by atoms with E-state index in [1.165, 1.54) is 27.8 Å². The highest BCUT2D eigenvalue weighted by Gasteiger charge is 2.28. The summed E-state index contributed by atoms with van der Waals surface area (Å²) in [5.74, 6) is 0.921. The van der Waals surface area contributed by atoms with Crippen LogP contribution in [0.15, 0.2) is 63.6 Å². The van der Waals surface area contributed by atoms with Gasteiger partial charge in [-0.1, -0.05) is 12.1 Å². The first kappa shape index (κ1) is 22.6. The van der Waals surface area contributed by atoms with Crippen molar-refractivity contribution in [1.82, 2.24) is 9.29 Å². The predicted octanol–water partition coefficient (Wildman–Crippen LogP) is 4.37. The molecule has 7 nitrogen and oxygen atoms in total. The lowest BCUT2D eigenvalue weighted by molar-refractivity contribution is 0.171. The largest absolute Gasteiger partial charge is 0.486 e. The molecule has 0 atom stereocenters. The van der Waals surface area contributed by atoms with Crippen LogP contribution in [0.5, 0.6) is 11.5 Å². The van der Waals surface area contributed by atoms with Crippen LogP contribution in [0.25, 0.3) is 10.9 Å². The summed E-state index contributed by atoms with van der Waals surface area (Å²) in [4.78, 5) is 16.8. The first-order chi connectivity index (χ1) is 16.3. The predicted molar refractivity (Wildman–Crippen MR) is 132 cm³/mol. The number of pyridine rings is 1. The Bertz CT molecular complexity index is 1530. The lowest BCUT2D eigenvalue weighted by atomic mass is 10.0. The van der Waals surface area contributed by atoms with E-state index in [1.54, 1.807) is 12.1 Å². The zero-order valence-corrected chi connectivity index (χ0v) is 20.5. The van der Waals surface area contributed by atoms with Gasteiger partial charge in [-0.25, -0.2) is 8.42 Å². The van der Waals surface area contributed by atoms with Crippen LogP contribution in [0.4, 0.5) is 0 Å². The molecule has 1 N–H and O–H groups in total. The molecule has 0 radical (unpaired) electrons. The fourth-order valence-electron chi connectivity index (χ4n) is 4.16. The van der Waals surface area contributed by atoms with Gasteiger partial charge >= 0.3 is 0 Å². The second-order valence-corrected chi connectivity index (χ2v) is 11.3. The topological polar surface area (TPSA) is 88.7 Å². The van der Waals surface area contributed by atoms with E-state index in [-0.39, 0.29) is 23.5 Å². The average molecular weight is 497 g/mol. The molecule has 34 heavy (non-hydrogen) atoms. The molecule has 3 heterocycles. The van der Waals surface area contributed by atoms with Crippen molar-refractivity contribution in [3.8, 4) is 11.5 Å². The normalized spacial score (nSPS) is 13.5. The summed E-state index contributed by atoms with van der Waals surface area (Å²) in [6.45, 7) is 4.83. The van der Waals surface area contributed by atoms with E-state index in [0.29, 0.717) is 30.3 Å². The number of aromatic amines is 1. The van der Waals surface area contributed by atoms with Gasteiger partial charge in [0.25, 0.3) is 5.56 Å². The van der Waals surface area contributed by atoms with Crippen LogP contribution in [0.3, 0.4) is 0 Å². The fourth-order valence-corrected chi connectivity index (χ4v) is 6.37. The maximum Gasteiger partial charge on any atom is 0.252 e. The van der Waals surface area contributed by atoms with E-state index >= 15 is 0 Å². The third-order valence-corrected chi connectivity index (χ3v) is 8.45. The molecule has 0 saturated carbocycles. The minimum atomic E-state index is -3.94. The van der Waals surface area contributed by atoms with Crippen molar-refractivity contribution in [1.29, 1.82) is 0 Å². The molecule has 1 aliphatic rings. The first-order valence-corrected chi connectivity index (χ1v) is 13.2. The number of benzene rings is 2. The van der Waals surface area contributed by atoms with Crippen LogP contribution < -0.4 is 15.0 Å². The number of nitrogens with zero attached hydrogens (tertiary/aromatic N) is 1. The van der Waals surface area contributed by atoms with Gasteiger partial charge in [0.15, 0.2) is 11.5 Å². The van der Waals surface area contributed by atoms with Crippen LogP contribution in [0.1, 0.15) is 21.6 Å². The maximum atomic E-state index is 13.8. The molecule has 9 heteroatoms. The molecule has 0 bridgehead atoms. The molecule has 0 amide bonds. The van der Waals surface area contributed by atoms with Gasteiger partial charge in [0.1, 0.15) is 13.2 Å². The summed E-state index contributed by atoms with van der Waals surface area (Å²) in [7, 11) is -3.94. The zero-order valence-electron chi connectivity index (χ0n) is 18.8. The molecule has 2 aromatic heterocycles. The number of ether oxygens (including phenoxy) is 2. The molecule has 1 aliphatic heterocycles. The van der Waals surface area contributed by atoms with Gasteiger partial charge in [0.05, 0.1) is 4.90 Å². The van der Waals surface area contributed by atoms with E-state index in [2.05, 4.69) is 4.98 Å². The molecule has 0 aliphatic carbocycles. The second-order valence-electron chi connectivity index (χ2n) is 8.32. The van der Waals surface area contributed by atoms with Crippen LogP contribution >= 0.6 is 11.3 Å². The van der Waals surface area contributed by atoms with E-state index in [0.717, 1.165) is 26.9 Å². The average Bonchev–Trinajstić information content (AvgIpc) is 3.32. The summed E-state index contributed by atoms with van der Waals surface area (Å²) >= 11 is 1.47. The zero-order chi connectivity index (χ0) is 23.9. The number of H-pyrrole nitrogens is 1. The summed E-state index contributed by atoms with van der Waals surface area (Å²) in [5, 5.41) is 2.80. The molecule has 4 aromatic rings.